The molecular formula is C24H19Cl2N3O3S. The number of rotatable bonds is 6. The second-order valence-corrected chi connectivity index (χ2v) is 10.1. The van der Waals surface area contributed by atoms with Crippen LogP contribution < -0.4 is 10.0 Å². The SMILES string of the molecule is CCS(=O)(=O)Nc1ccc(C(=O)Nc2ccc(Cl)c(-c3nccc4ccccc34)c2)c(Cl)c1. The van der Waals surface area contributed by atoms with Gasteiger partial charge in [0.1, 0.15) is 0 Å². The number of aromatic nitrogens is 1. The van der Waals surface area contributed by atoms with Crippen molar-refractivity contribution in [1.29, 1.82) is 0 Å². The van der Waals surface area contributed by atoms with Gasteiger partial charge in [0.15, 0.2) is 0 Å². The minimum absolute atomic E-state index is 0.0721. The number of benzene rings is 3. The van der Waals surface area contributed by atoms with Crippen LogP contribution in [0.3, 0.4) is 0 Å². The number of carbonyl (C=O) groups excluding carboxylic acids is 1. The molecule has 33 heavy (non-hydrogen) atoms. The van der Waals surface area contributed by atoms with E-state index in [2.05, 4.69) is 15.0 Å². The molecular weight excluding hydrogens is 481 g/mol. The van der Waals surface area contributed by atoms with Gasteiger partial charge in [0.2, 0.25) is 10.0 Å². The molecule has 1 aromatic heterocycles. The molecule has 0 saturated heterocycles. The van der Waals surface area contributed by atoms with Crippen molar-refractivity contribution >= 4 is 61.3 Å². The maximum absolute atomic E-state index is 12.8. The highest BCUT2D eigenvalue weighted by atomic mass is 35.5. The summed E-state index contributed by atoms with van der Waals surface area (Å²) in [5.41, 5.74) is 2.40. The summed E-state index contributed by atoms with van der Waals surface area (Å²) < 4.78 is 25.9. The molecule has 9 heteroatoms. The molecule has 0 radical (unpaired) electrons. The van der Waals surface area contributed by atoms with Gasteiger partial charge in [-0.3, -0.25) is 14.5 Å². The van der Waals surface area contributed by atoms with Crippen LogP contribution in [0.4, 0.5) is 11.4 Å². The number of hydrogen-bond acceptors (Lipinski definition) is 4. The molecule has 0 fully saturated rings. The van der Waals surface area contributed by atoms with Gasteiger partial charge in [0.25, 0.3) is 5.91 Å². The van der Waals surface area contributed by atoms with Crippen molar-refractivity contribution in [2.45, 2.75) is 6.92 Å². The molecule has 2 N–H and O–H groups in total. The lowest BCUT2D eigenvalue weighted by molar-refractivity contribution is 0.102. The third-order valence-corrected chi connectivity index (χ3v) is 6.97. The van der Waals surface area contributed by atoms with Crippen LogP contribution in [0.5, 0.6) is 0 Å². The molecule has 0 aliphatic heterocycles. The van der Waals surface area contributed by atoms with Crippen LogP contribution >= 0.6 is 23.2 Å². The molecule has 0 aliphatic carbocycles. The van der Waals surface area contributed by atoms with Crippen molar-refractivity contribution < 1.29 is 13.2 Å². The van der Waals surface area contributed by atoms with Crippen molar-refractivity contribution in [2.24, 2.45) is 0 Å². The summed E-state index contributed by atoms with van der Waals surface area (Å²) in [5.74, 6) is -0.513. The zero-order valence-corrected chi connectivity index (χ0v) is 19.8. The number of anilines is 2. The number of fused-ring (bicyclic) bond motifs is 1. The Kier molecular flexibility index (Phi) is 6.56. The summed E-state index contributed by atoms with van der Waals surface area (Å²) >= 11 is 12.7. The highest BCUT2D eigenvalue weighted by molar-refractivity contribution is 7.92. The van der Waals surface area contributed by atoms with E-state index in [1.807, 2.05) is 30.3 Å². The van der Waals surface area contributed by atoms with E-state index in [1.165, 1.54) is 25.1 Å². The molecule has 1 amide bonds. The fourth-order valence-electron chi connectivity index (χ4n) is 3.33. The predicted molar refractivity (Wildman–Crippen MR) is 135 cm³/mol. The van der Waals surface area contributed by atoms with Crippen LogP contribution in [0, 0.1) is 0 Å². The van der Waals surface area contributed by atoms with E-state index in [-0.39, 0.29) is 22.0 Å². The van der Waals surface area contributed by atoms with Gasteiger partial charge in [0.05, 0.1) is 27.1 Å². The first-order chi connectivity index (χ1) is 15.8. The highest BCUT2D eigenvalue weighted by Gasteiger charge is 2.15. The molecule has 0 atom stereocenters. The first-order valence-corrected chi connectivity index (χ1v) is 12.4. The Bertz CT molecular complexity index is 1470. The number of halogens is 2. The number of sulfonamides is 1. The van der Waals surface area contributed by atoms with Crippen LogP contribution in [0.2, 0.25) is 10.0 Å². The Morgan fingerprint density at radius 3 is 2.45 bits per heavy atom. The molecule has 0 saturated carbocycles. The number of hydrogen-bond donors (Lipinski definition) is 2. The molecule has 0 unspecified atom stereocenters. The third-order valence-electron chi connectivity index (χ3n) is 5.02. The highest BCUT2D eigenvalue weighted by Crippen LogP contribution is 2.34. The van der Waals surface area contributed by atoms with Crippen molar-refractivity contribution in [3.05, 3.63) is 88.5 Å². The quantitative estimate of drug-likeness (QED) is 0.329. The maximum atomic E-state index is 12.8. The standard InChI is InChI=1S/C24H19Cl2N3O3S/c1-2-33(31,32)29-17-7-9-19(22(26)14-17)24(30)28-16-8-10-21(25)20(13-16)23-18-6-4-3-5-15(18)11-12-27-23/h3-14,29H,2H2,1H3,(H,28,30). The molecule has 168 valence electrons. The zero-order chi connectivity index (χ0) is 23.6. The van der Waals surface area contributed by atoms with E-state index in [9.17, 15) is 13.2 Å². The van der Waals surface area contributed by atoms with Gasteiger partial charge in [-0.1, -0.05) is 47.5 Å². The zero-order valence-electron chi connectivity index (χ0n) is 17.5. The summed E-state index contributed by atoms with van der Waals surface area (Å²) in [5, 5.41) is 5.41. The lowest BCUT2D eigenvalue weighted by Gasteiger charge is -2.12. The first kappa shape index (κ1) is 23.0. The Labute approximate surface area is 201 Å². The Morgan fingerprint density at radius 2 is 1.70 bits per heavy atom. The van der Waals surface area contributed by atoms with Crippen LogP contribution in [0.1, 0.15) is 17.3 Å². The van der Waals surface area contributed by atoms with E-state index < -0.39 is 15.9 Å². The van der Waals surface area contributed by atoms with Gasteiger partial charge in [-0.05, 0) is 54.8 Å². The lowest BCUT2D eigenvalue weighted by atomic mass is 10.0. The summed E-state index contributed by atoms with van der Waals surface area (Å²) in [4.78, 5) is 17.4. The second kappa shape index (κ2) is 9.39. The van der Waals surface area contributed by atoms with Crippen LogP contribution in [0.15, 0.2) is 72.9 Å². The fourth-order valence-corrected chi connectivity index (χ4v) is 4.44. The molecule has 4 aromatic rings. The van der Waals surface area contributed by atoms with E-state index in [0.29, 0.717) is 22.0 Å². The number of amides is 1. The monoisotopic (exact) mass is 499 g/mol. The van der Waals surface area contributed by atoms with Gasteiger partial charge < -0.3 is 5.32 Å². The van der Waals surface area contributed by atoms with E-state index >= 15 is 0 Å². The maximum Gasteiger partial charge on any atom is 0.257 e. The molecule has 4 rings (SSSR count). The van der Waals surface area contributed by atoms with Crippen LogP contribution in [0.25, 0.3) is 22.0 Å². The van der Waals surface area contributed by atoms with Gasteiger partial charge in [-0.2, -0.15) is 0 Å². The van der Waals surface area contributed by atoms with Crippen molar-refractivity contribution in [1.82, 2.24) is 4.98 Å². The predicted octanol–water partition coefficient (Wildman–Crippen LogP) is 6.22. The molecule has 0 bridgehead atoms. The minimum Gasteiger partial charge on any atom is -0.322 e. The Morgan fingerprint density at radius 1 is 0.939 bits per heavy atom. The summed E-state index contributed by atoms with van der Waals surface area (Å²) in [6.45, 7) is 1.53. The van der Waals surface area contributed by atoms with Crippen molar-refractivity contribution in [2.75, 3.05) is 15.8 Å². The molecule has 1 heterocycles. The minimum atomic E-state index is -3.45. The molecule has 6 nitrogen and oxygen atoms in total. The summed E-state index contributed by atoms with van der Waals surface area (Å²) in [6, 6.07) is 19.3. The van der Waals surface area contributed by atoms with Crippen molar-refractivity contribution in [3.8, 4) is 11.3 Å². The van der Waals surface area contributed by atoms with E-state index in [0.717, 1.165) is 10.8 Å². The Balaban J connectivity index is 1.62. The lowest BCUT2D eigenvalue weighted by Crippen LogP contribution is -2.16. The third kappa shape index (κ3) is 5.11. The second-order valence-electron chi connectivity index (χ2n) is 7.23. The van der Waals surface area contributed by atoms with E-state index in [1.54, 1.807) is 24.4 Å². The van der Waals surface area contributed by atoms with Gasteiger partial charge in [-0.25, -0.2) is 8.42 Å². The largest absolute Gasteiger partial charge is 0.322 e. The molecule has 3 aromatic carbocycles. The van der Waals surface area contributed by atoms with Gasteiger partial charge >= 0.3 is 0 Å². The molecule has 0 spiro atoms. The van der Waals surface area contributed by atoms with Crippen molar-refractivity contribution in [3.63, 3.8) is 0 Å². The average molecular weight is 500 g/mol. The number of carbonyl (C=O) groups is 1. The number of pyridine rings is 1. The van der Waals surface area contributed by atoms with E-state index in [4.69, 9.17) is 23.2 Å². The topological polar surface area (TPSA) is 88.2 Å². The fraction of sp³-hybridized carbons (Fsp3) is 0.0833. The molecule has 0 aliphatic rings. The summed E-state index contributed by atoms with van der Waals surface area (Å²) in [6.07, 6.45) is 1.72. The van der Waals surface area contributed by atoms with Gasteiger partial charge in [-0.15, -0.1) is 0 Å². The number of nitrogens with one attached hydrogen (secondary N) is 2. The van der Waals surface area contributed by atoms with Crippen LogP contribution in [-0.2, 0) is 10.0 Å². The normalized spacial score (nSPS) is 11.4. The summed E-state index contributed by atoms with van der Waals surface area (Å²) in [7, 11) is -3.45. The van der Waals surface area contributed by atoms with Crippen LogP contribution in [-0.4, -0.2) is 25.1 Å². The Hall–Kier alpha value is -3.13. The number of nitrogens with zero attached hydrogens (tertiary/aromatic N) is 1. The smallest absolute Gasteiger partial charge is 0.257 e. The first-order valence-electron chi connectivity index (χ1n) is 10.0. The average Bonchev–Trinajstić information content (AvgIpc) is 2.80. The van der Waals surface area contributed by atoms with Gasteiger partial charge in [0, 0.05) is 28.5 Å².